The number of halogens is 2. The molecule has 1 N–H and O–H groups in total. The highest BCUT2D eigenvalue weighted by Gasteiger charge is 2.25. The third-order valence-corrected chi connectivity index (χ3v) is 7.08. The quantitative estimate of drug-likeness (QED) is 0.329. The van der Waals surface area contributed by atoms with Crippen molar-refractivity contribution >= 4 is 16.8 Å². The van der Waals surface area contributed by atoms with Crippen LogP contribution < -0.4 is 5.32 Å². The van der Waals surface area contributed by atoms with Crippen LogP contribution in [0.3, 0.4) is 0 Å². The molecule has 4 aromatic rings. The SMILES string of the molecule is O=C(C[C@@H](c1ccccc1F)c1cn(Cc2ccc(F)cc2)c2ccccc12)NCCN1CCCC1. The lowest BCUT2D eigenvalue weighted by Gasteiger charge is -2.19. The zero-order valence-electron chi connectivity index (χ0n) is 20.3. The van der Waals surface area contributed by atoms with Crippen molar-refractivity contribution in [3.05, 3.63) is 107 Å². The van der Waals surface area contributed by atoms with Crippen LogP contribution in [0, 0.1) is 11.6 Å². The Balaban J connectivity index is 1.45. The Kier molecular flexibility index (Phi) is 7.42. The maximum Gasteiger partial charge on any atom is 0.220 e. The summed E-state index contributed by atoms with van der Waals surface area (Å²) in [5.74, 6) is -1.11. The molecule has 1 amide bonds. The number of nitrogens with one attached hydrogen (secondary N) is 1. The Morgan fingerprint density at radius 3 is 2.39 bits per heavy atom. The summed E-state index contributed by atoms with van der Waals surface area (Å²) >= 11 is 0. The number of hydrogen-bond acceptors (Lipinski definition) is 2. The fourth-order valence-electron chi connectivity index (χ4n) is 5.23. The predicted molar refractivity (Wildman–Crippen MR) is 139 cm³/mol. The molecule has 1 saturated heterocycles. The van der Waals surface area contributed by atoms with Gasteiger partial charge in [0.1, 0.15) is 11.6 Å². The lowest BCUT2D eigenvalue weighted by molar-refractivity contribution is -0.121. The number of carbonyl (C=O) groups is 1. The van der Waals surface area contributed by atoms with Crippen LogP contribution in [0.2, 0.25) is 0 Å². The first-order valence-corrected chi connectivity index (χ1v) is 12.6. The summed E-state index contributed by atoms with van der Waals surface area (Å²) in [5, 5.41) is 4.04. The number of amides is 1. The molecule has 0 bridgehead atoms. The van der Waals surface area contributed by atoms with Crippen molar-refractivity contribution < 1.29 is 13.6 Å². The molecule has 0 radical (unpaired) electrons. The molecule has 1 aliphatic rings. The number of hydrogen-bond donors (Lipinski definition) is 1. The zero-order valence-corrected chi connectivity index (χ0v) is 20.3. The van der Waals surface area contributed by atoms with Crippen molar-refractivity contribution in [2.75, 3.05) is 26.2 Å². The van der Waals surface area contributed by atoms with Gasteiger partial charge in [0.2, 0.25) is 5.91 Å². The van der Waals surface area contributed by atoms with Crippen molar-refractivity contribution in [3.8, 4) is 0 Å². The summed E-state index contributed by atoms with van der Waals surface area (Å²) in [5.41, 5.74) is 3.38. The molecule has 6 heteroatoms. The third-order valence-electron chi connectivity index (χ3n) is 7.08. The van der Waals surface area contributed by atoms with Crippen LogP contribution in [0.5, 0.6) is 0 Å². The van der Waals surface area contributed by atoms with E-state index in [1.807, 2.05) is 36.5 Å². The first-order chi connectivity index (χ1) is 17.6. The fraction of sp³-hybridized carbons (Fsp3) is 0.300. The largest absolute Gasteiger partial charge is 0.355 e. The van der Waals surface area contributed by atoms with Gasteiger partial charge in [-0.05, 0) is 66.9 Å². The van der Waals surface area contributed by atoms with Gasteiger partial charge in [-0.2, -0.15) is 0 Å². The van der Waals surface area contributed by atoms with Gasteiger partial charge in [-0.25, -0.2) is 8.78 Å². The Morgan fingerprint density at radius 2 is 1.61 bits per heavy atom. The van der Waals surface area contributed by atoms with E-state index in [1.54, 1.807) is 24.3 Å². The topological polar surface area (TPSA) is 37.3 Å². The van der Waals surface area contributed by atoms with Crippen molar-refractivity contribution in [2.45, 2.75) is 31.7 Å². The zero-order chi connectivity index (χ0) is 24.9. The van der Waals surface area contributed by atoms with Gasteiger partial charge in [0, 0.05) is 49.1 Å². The molecule has 3 aromatic carbocycles. The van der Waals surface area contributed by atoms with E-state index in [2.05, 4.69) is 14.8 Å². The van der Waals surface area contributed by atoms with Gasteiger partial charge in [-0.15, -0.1) is 0 Å². The first-order valence-electron chi connectivity index (χ1n) is 12.6. The number of benzene rings is 3. The lowest BCUT2D eigenvalue weighted by atomic mass is 9.87. The minimum absolute atomic E-state index is 0.0854. The average molecular weight is 488 g/mol. The van der Waals surface area contributed by atoms with E-state index in [-0.39, 0.29) is 24.0 Å². The molecule has 186 valence electrons. The summed E-state index contributed by atoms with van der Waals surface area (Å²) in [6, 6.07) is 21.1. The summed E-state index contributed by atoms with van der Waals surface area (Å²) in [6.07, 6.45) is 4.60. The molecule has 1 aromatic heterocycles. The molecule has 1 aliphatic heterocycles. The highest BCUT2D eigenvalue weighted by Crippen LogP contribution is 2.36. The second kappa shape index (κ2) is 11.0. The lowest BCUT2D eigenvalue weighted by Crippen LogP contribution is -2.34. The van der Waals surface area contributed by atoms with Gasteiger partial charge >= 0.3 is 0 Å². The summed E-state index contributed by atoms with van der Waals surface area (Å²) in [4.78, 5) is 15.4. The number of aromatic nitrogens is 1. The van der Waals surface area contributed by atoms with Crippen LogP contribution in [0.4, 0.5) is 8.78 Å². The predicted octanol–water partition coefficient (Wildman–Crippen LogP) is 5.70. The molecule has 5 rings (SSSR count). The standard InChI is InChI=1S/C30H31F2N3O/c31-23-13-11-22(12-14-23)20-35-21-27(25-8-2-4-10-29(25)35)26(24-7-1-3-9-28(24)32)19-30(36)33-15-18-34-16-5-6-17-34/h1-4,7-14,21,26H,5-6,15-20H2,(H,33,36)/t26-/m0/s1. The molecule has 4 nitrogen and oxygen atoms in total. The maximum atomic E-state index is 15.0. The Bertz CT molecular complexity index is 1330. The van der Waals surface area contributed by atoms with E-state index in [9.17, 15) is 9.18 Å². The molecule has 1 fully saturated rings. The van der Waals surface area contributed by atoms with Crippen molar-refractivity contribution in [1.82, 2.24) is 14.8 Å². The van der Waals surface area contributed by atoms with Crippen LogP contribution in [0.15, 0.2) is 79.0 Å². The van der Waals surface area contributed by atoms with Crippen LogP contribution >= 0.6 is 0 Å². The van der Waals surface area contributed by atoms with E-state index in [0.29, 0.717) is 18.7 Å². The van der Waals surface area contributed by atoms with Crippen molar-refractivity contribution in [1.29, 1.82) is 0 Å². The van der Waals surface area contributed by atoms with Crippen molar-refractivity contribution in [2.24, 2.45) is 0 Å². The van der Waals surface area contributed by atoms with Gasteiger partial charge in [-0.3, -0.25) is 4.79 Å². The van der Waals surface area contributed by atoms with Crippen LogP contribution in [-0.2, 0) is 11.3 Å². The molecule has 0 saturated carbocycles. The highest BCUT2D eigenvalue weighted by molar-refractivity contribution is 5.86. The average Bonchev–Trinajstić information content (AvgIpc) is 3.53. The highest BCUT2D eigenvalue weighted by atomic mass is 19.1. The number of para-hydroxylation sites is 1. The monoisotopic (exact) mass is 487 g/mol. The summed E-state index contributed by atoms with van der Waals surface area (Å²) in [6.45, 7) is 4.15. The smallest absolute Gasteiger partial charge is 0.220 e. The number of likely N-dealkylation sites (tertiary alicyclic amines) is 1. The number of carbonyl (C=O) groups excluding carboxylic acids is 1. The van der Waals surface area contributed by atoms with Crippen LogP contribution in [0.1, 0.15) is 41.9 Å². The van der Waals surface area contributed by atoms with Gasteiger partial charge in [0.15, 0.2) is 0 Å². The summed E-state index contributed by atoms with van der Waals surface area (Å²) in [7, 11) is 0. The fourth-order valence-corrected chi connectivity index (χ4v) is 5.23. The molecular formula is C30H31F2N3O. The molecule has 0 aliphatic carbocycles. The van der Waals surface area contributed by atoms with Crippen LogP contribution in [0.25, 0.3) is 10.9 Å². The third kappa shape index (κ3) is 5.49. The minimum Gasteiger partial charge on any atom is -0.355 e. The van der Waals surface area contributed by atoms with E-state index in [4.69, 9.17) is 0 Å². The molecular weight excluding hydrogens is 456 g/mol. The van der Waals surface area contributed by atoms with Crippen molar-refractivity contribution in [3.63, 3.8) is 0 Å². The molecule has 2 heterocycles. The minimum atomic E-state index is -0.433. The van der Waals surface area contributed by atoms with E-state index >= 15 is 4.39 Å². The second-order valence-corrected chi connectivity index (χ2v) is 9.53. The molecule has 0 spiro atoms. The second-order valence-electron chi connectivity index (χ2n) is 9.53. The molecule has 1 atom stereocenters. The maximum absolute atomic E-state index is 15.0. The van der Waals surface area contributed by atoms with E-state index in [1.165, 1.54) is 31.0 Å². The van der Waals surface area contributed by atoms with E-state index < -0.39 is 5.92 Å². The van der Waals surface area contributed by atoms with Gasteiger partial charge in [-0.1, -0.05) is 48.5 Å². The van der Waals surface area contributed by atoms with E-state index in [0.717, 1.165) is 41.7 Å². The Morgan fingerprint density at radius 1 is 0.889 bits per heavy atom. The number of fused-ring (bicyclic) bond motifs is 1. The Hall–Kier alpha value is -3.51. The molecule has 0 unspecified atom stereocenters. The number of nitrogens with zero attached hydrogens (tertiary/aromatic N) is 2. The van der Waals surface area contributed by atoms with Crippen LogP contribution in [-0.4, -0.2) is 41.6 Å². The Labute approximate surface area is 210 Å². The normalized spacial score (nSPS) is 14.8. The van der Waals surface area contributed by atoms with Gasteiger partial charge in [0.25, 0.3) is 0 Å². The van der Waals surface area contributed by atoms with Gasteiger partial charge < -0.3 is 14.8 Å². The van der Waals surface area contributed by atoms with Gasteiger partial charge in [0.05, 0.1) is 0 Å². The first kappa shape index (κ1) is 24.2. The summed E-state index contributed by atoms with van der Waals surface area (Å²) < 4.78 is 30.6. The molecule has 36 heavy (non-hydrogen) atoms. The number of rotatable bonds is 9.